The molecule has 0 spiro atoms. The number of aromatic nitrogens is 2. The number of hydrogen-bond donors (Lipinski definition) is 0. The molecule has 0 radical (unpaired) electrons. The van der Waals surface area contributed by atoms with Crippen LogP contribution in [0.15, 0.2) is 64.3 Å². The van der Waals surface area contributed by atoms with Gasteiger partial charge in [0.25, 0.3) is 5.49 Å². The number of anilines is 1. The van der Waals surface area contributed by atoms with E-state index < -0.39 is 27.0 Å². The quantitative estimate of drug-likeness (QED) is 0.303. The van der Waals surface area contributed by atoms with Gasteiger partial charge in [0.15, 0.2) is 0 Å². The third-order valence-corrected chi connectivity index (χ3v) is 6.72. The van der Waals surface area contributed by atoms with Crippen molar-refractivity contribution in [3.63, 3.8) is 0 Å². The molecule has 2 aromatic carbocycles. The highest BCUT2D eigenvalue weighted by Crippen LogP contribution is 2.31. The van der Waals surface area contributed by atoms with Crippen LogP contribution in [-0.4, -0.2) is 36.4 Å². The van der Waals surface area contributed by atoms with Crippen molar-refractivity contribution in [2.75, 3.05) is 23.7 Å². The van der Waals surface area contributed by atoms with Crippen LogP contribution in [0.4, 0.5) is 5.69 Å². The molecular weight excluding hydrogens is 442 g/mol. The first-order chi connectivity index (χ1) is 15.8. The van der Waals surface area contributed by atoms with Gasteiger partial charge in [-0.15, -0.1) is 4.24 Å². The molecule has 0 N–H and O–H groups in total. The number of pyridine rings is 2. The van der Waals surface area contributed by atoms with Gasteiger partial charge in [-0.05, 0) is 44.5 Å². The summed E-state index contributed by atoms with van der Waals surface area (Å²) in [6, 6.07) is 14.2. The molecule has 9 heteroatoms. The molecule has 0 fully saturated rings. The maximum Gasteiger partial charge on any atom is 0.349 e. The summed E-state index contributed by atoms with van der Waals surface area (Å²) in [6.07, 6.45) is 1.73. The molecule has 172 valence electrons. The molecule has 0 saturated carbocycles. The van der Waals surface area contributed by atoms with E-state index in [-0.39, 0.29) is 13.0 Å². The van der Waals surface area contributed by atoms with E-state index in [4.69, 9.17) is 0 Å². The normalized spacial score (nSPS) is 13.1. The molecule has 8 nitrogen and oxygen atoms in total. The third kappa shape index (κ3) is 4.21. The Hall–Kier alpha value is -3.30. The van der Waals surface area contributed by atoms with E-state index in [1.807, 2.05) is 18.2 Å². The van der Waals surface area contributed by atoms with E-state index in [0.717, 1.165) is 28.4 Å². The lowest BCUT2D eigenvalue weighted by Gasteiger charge is -2.23. The number of aryl methyl sites for hydroxylation is 1. The second kappa shape index (κ2) is 8.92. The van der Waals surface area contributed by atoms with Crippen LogP contribution in [0, 0.1) is 5.49 Å². The van der Waals surface area contributed by atoms with Crippen molar-refractivity contribution >= 4 is 37.4 Å². The SMILES string of the molecule is CCN(CC)c1ccc2c(=O)[n+](=c3ccccn3CCCS(=O)(=O)[O-])c(=O)c3cccc1c32. The van der Waals surface area contributed by atoms with Crippen LogP contribution in [0.25, 0.3) is 21.5 Å². The van der Waals surface area contributed by atoms with E-state index in [9.17, 15) is 22.6 Å². The number of nitrogens with zero attached hydrogens (tertiary/aromatic N) is 3. The van der Waals surface area contributed by atoms with Crippen LogP contribution < -0.4 is 20.3 Å². The Kier molecular flexibility index (Phi) is 6.18. The van der Waals surface area contributed by atoms with E-state index in [0.29, 0.717) is 21.6 Å². The highest BCUT2D eigenvalue weighted by molar-refractivity contribution is 7.85. The lowest BCUT2D eigenvalue weighted by Crippen LogP contribution is -2.52. The molecule has 33 heavy (non-hydrogen) atoms. The smallest absolute Gasteiger partial charge is 0.349 e. The van der Waals surface area contributed by atoms with Crippen LogP contribution in [0.3, 0.4) is 0 Å². The highest BCUT2D eigenvalue weighted by atomic mass is 32.2. The standard InChI is InChI=1S/C24H25N3O5S/c1-3-25(4-2)20-13-12-19-22-17(20)9-7-10-18(22)23(28)27(24(19)29)21-11-5-6-14-26(21)15-8-16-33(30,31)32/h5-7,9-14H,3-4,8,15-16H2,1-2H3. The first-order valence-electron chi connectivity index (χ1n) is 10.9. The van der Waals surface area contributed by atoms with Crippen molar-refractivity contribution in [2.45, 2.75) is 26.8 Å². The highest BCUT2D eigenvalue weighted by Gasteiger charge is 2.19. The minimum Gasteiger partial charge on any atom is -0.748 e. The van der Waals surface area contributed by atoms with Gasteiger partial charge >= 0.3 is 11.1 Å². The molecule has 0 unspecified atom stereocenters. The zero-order chi connectivity index (χ0) is 23.8. The van der Waals surface area contributed by atoms with Crippen LogP contribution in [0.2, 0.25) is 0 Å². The number of hydrogen-bond acceptors (Lipinski definition) is 6. The number of benzene rings is 2. The van der Waals surface area contributed by atoms with Crippen molar-refractivity contribution in [1.82, 2.24) is 4.57 Å². The van der Waals surface area contributed by atoms with Gasteiger partial charge in [0.1, 0.15) is 0 Å². The zero-order valence-electron chi connectivity index (χ0n) is 18.5. The molecular formula is C24H25N3O5S. The second-order valence-corrected chi connectivity index (χ2v) is 9.37. The largest absolute Gasteiger partial charge is 0.748 e. The van der Waals surface area contributed by atoms with Gasteiger partial charge in [-0.25, -0.2) is 22.6 Å². The Bertz CT molecular complexity index is 1610. The fourth-order valence-electron chi connectivity index (χ4n) is 4.40. The Labute approximate surface area is 190 Å². The van der Waals surface area contributed by atoms with Gasteiger partial charge in [-0.2, -0.15) is 0 Å². The van der Waals surface area contributed by atoms with Crippen molar-refractivity contribution in [2.24, 2.45) is 0 Å². The summed E-state index contributed by atoms with van der Waals surface area (Å²) in [6.45, 7) is 5.89. The summed E-state index contributed by atoms with van der Waals surface area (Å²) in [5.41, 5.74) is 0.423. The molecule has 0 amide bonds. The lowest BCUT2D eigenvalue weighted by atomic mass is 10.0. The van der Waals surface area contributed by atoms with Gasteiger partial charge in [0.2, 0.25) is 0 Å². The predicted octanol–water partition coefficient (Wildman–Crippen LogP) is 1.82. The maximum atomic E-state index is 13.6. The van der Waals surface area contributed by atoms with Crippen molar-refractivity contribution in [3.8, 4) is 0 Å². The molecule has 0 aliphatic rings. The molecule has 0 aliphatic carbocycles. The molecule has 2 heterocycles. The maximum absolute atomic E-state index is 13.6. The summed E-state index contributed by atoms with van der Waals surface area (Å²) in [4.78, 5) is 29.3. The second-order valence-electron chi connectivity index (χ2n) is 7.85. The Morgan fingerprint density at radius 2 is 1.58 bits per heavy atom. The predicted molar refractivity (Wildman–Crippen MR) is 127 cm³/mol. The summed E-state index contributed by atoms with van der Waals surface area (Å²) in [7, 11) is -4.35. The van der Waals surface area contributed by atoms with Crippen molar-refractivity contribution < 1.29 is 17.2 Å². The minimum absolute atomic E-state index is 0.0726. The van der Waals surface area contributed by atoms with Crippen molar-refractivity contribution in [1.29, 1.82) is 0 Å². The average molecular weight is 468 g/mol. The van der Waals surface area contributed by atoms with Gasteiger partial charge in [-0.3, -0.25) is 0 Å². The van der Waals surface area contributed by atoms with E-state index in [1.165, 1.54) is 0 Å². The summed E-state index contributed by atoms with van der Waals surface area (Å²) < 4.78 is 35.7. The van der Waals surface area contributed by atoms with E-state index in [2.05, 4.69) is 18.7 Å². The van der Waals surface area contributed by atoms with Gasteiger partial charge in [0, 0.05) is 41.4 Å². The summed E-state index contributed by atoms with van der Waals surface area (Å²) >= 11 is 0. The molecule has 0 atom stereocenters. The summed E-state index contributed by atoms with van der Waals surface area (Å²) in [5.74, 6) is -0.521. The van der Waals surface area contributed by atoms with Crippen LogP contribution in [0.5, 0.6) is 0 Å². The first kappa shape index (κ1) is 22.9. The summed E-state index contributed by atoms with van der Waals surface area (Å²) in [5, 5.41) is 2.38. The van der Waals surface area contributed by atoms with Crippen LogP contribution in [0.1, 0.15) is 20.3 Å². The van der Waals surface area contributed by atoms with E-state index >= 15 is 0 Å². The molecule has 0 bridgehead atoms. The van der Waals surface area contributed by atoms with Crippen LogP contribution >= 0.6 is 0 Å². The Balaban J connectivity index is 2.07. The fourth-order valence-corrected chi connectivity index (χ4v) is 4.88. The lowest BCUT2D eigenvalue weighted by molar-refractivity contribution is -0.544. The van der Waals surface area contributed by atoms with E-state index in [1.54, 1.807) is 41.1 Å². The first-order valence-corrected chi connectivity index (χ1v) is 12.5. The minimum atomic E-state index is -4.35. The van der Waals surface area contributed by atoms with Gasteiger partial charge in [-0.1, -0.05) is 18.2 Å². The van der Waals surface area contributed by atoms with Gasteiger partial charge < -0.3 is 9.45 Å². The Morgan fingerprint density at radius 3 is 2.24 bits per heavy atom. The fraction of sp³-hybridized carbons (Fsp3) is 0.292. The Morgan fingerprint density at radius 1 is 0.909 bits per heavy atom. The monoisotopic (exact) mass is 467 g/mol. The number of rotatable bonds is 7. The molecule has 4 aromatic rings. The van der Waals surface area contributed by atoms with Crippen molar-refractivity contribution in [3.05, 3.63) is 80.9 Å². The average Bonchev–Trinajstić information content (AvgIpc) is 2.79. The molecule has 2 aromatic heterocycles. The molecule has 0 saturated heterocycles. The van der Waals surface area contributed by atoms with Crippen LogP contribution in [-0.2, 0) is 16.7 Å². The zero-order valence-corrected chi connectivity index (χ0v) is 19.3. The topological polar surface area (TPSA) is 105 Å². The molecule has 4 rings (SSSR count). The third-order valence-electron chi connectivity index (χ3n) is 5.93. The molecule has 0 aliphatic heterocycles. The van der Waals surface area contributed by atoms with Gasteiger partial charge in [0.05, 0.1) is 33.6 Å².